The molecule has 13 heavy (non-hydrogen) atoms. The van der Waals surface area contributed by atoms with Crippen molar-refractivity contribution in [3.63, 3.8) is 0 Å². The maximum Gasteiger partial charge on any atom is 0.163 e. The van der Waals surface area contributed by atoms with Crippen molar-refractivity contribution in [1.29, 1.82) is 0 Å². The molecule has 1 aromatic rings. The summed E-state index contributed by atoms with van der Waals surface area (Å²) in [6.07, 6.45) is 1.38. The van der Waals surface area contributed by atoms with Crippen LogP contribution in [-0.4, -0.2) is 10.9 Å². The van der Waals surface area contributed by atoms with Gasteiger partial charge in [-0.15, -0.1) is 0 Å². The molecule has 2 rings (SSSR count). The van der Waals surface area contributed by atoms with Gasteiger partial charge < -0.3 is 5.11 Å². The summed E-state index contributed by atoms with van der Waals surface area (Å²) in [4.78, 5) is 11.1. The van der Waals surface area contributed by atoms with Crippen LogP contribution in [-0.2, 0) is 6.42 Å². The van der Waals surface area contributed by atoms with Gasteiger partial charge in [0.2, 0.25) is 0 Å². The molecule has 70 valence electrons. The number of phenols is 1. The molecule has 0 saturated carbocycles. The number of aromatic hydroxyl groups is 1. The van der Waals surface area contributed by atoms with Crippen LogP contribution in [0.2, 0.25) is 0 Å². The summed E-state index contributed by atoms with van der Waals surface area (Å²) in [6, 6.07) is 4.92. The van der Waals surface area contributed by atoms with Crippen LogP contribution >= 0.6 is 0 Å². The molecular formula is C11H14O2. The fraction of sp³-hybridized carbons (Fsp3) is 0.364. The first-order valence-corrected chi connectivity index (χ1v) is 4.62. The summed E-state index contributed by atoms with van der Waals surface area (Å²) in [5.74, 6) is 0.443. The fourth-order valence-electron chi connectivity index (χ4n) is 1.44. The molecule has 2 nitrogen and oxygen atoms in total. The van der Waals surface area contributed by atoms with Crippen molar-refractivity contribution in [2.75, 3.05) is 0 Å². The third-order valence-electron chi connectivity index (χ3n) is 2.01. The molecule has 1 aliphatic carbocycles. The number of carbonyl (C=O) groups is 1. The molecule has 0 radical (unpaired) electrons. The zero-order valence-electron chi connectivity index (χ0n) is 8.00. The van der Waals surface area contributed by atoms with Crippen LogP contribution in [0.15, 0.2) is 18.2 Å². The lowest BCUT2D eigenvalue weighted by Crippen LogP contribution is -1.89. The highest BCUT2D eigenvalue weighted by Crippen LogP contribution is 2.24. The zero-order valence-corrected chi connectivity index (χ0v) is 8.00. The Labute approximate surface area is 78.2 Å². The molecule has 1 aromatic carbocycles. The maximum atomic E-state index is 11.1. The lowest BCUT2D eigenvalue weighted by Gasteiger charge is -1.96. The second-order valence-corrected chi connectivity index (χ2v) is 2.76. The number of hydrogen-bond acceptors (Lipinski definition) is 2. The summed E-state index contributed by atoms with van der Waals surface area (Å²) >= 11 is 0. The van der Waals surface area contributed by atoms with E-state index in [9.17, 15) is 4.79 Å². The minimum absolute atomic E-state index is 0.194. The first-order chi connectivity index (χ1) is 6.27. The quantitative estimate of drug-likeness (QED) is 0.662. The Hall–Kier alpha value is -1.31. The second-order valence-electron chi connectivity index (χ2n) is 2.76. The Morgan fingerprint density at radius 3 is 2.62 bits per heavy atom. The standard InChI is InChI=1S/C9H8O2.C2H6/c10-7-2-3-8-6(5-7)1-4-9(8)11;1-2/h2-3,5,10H,1,4H2;1-2H3. The minimum Gasteiger partial charge on any atom is -0.508 e. The first-order valence-electron chi connectivity index (χ1n) is 4.62. The van der Waals surface area contributed by atoms with Crippen LogP contribution < -0.4 is 0 Å². The van der Waals surface area contributed by atoms with Gasteiger partial charge in [0.1, 0.15) is 5.75 Å². The van der Waals surface area contributed by atoms with Crippen molar-refractivity contribution < 1.29 is 9.90 Å². The minimum atomic E-state index is 0.194. The highest BCUT2D eigenvalue weighted by atomic mass is 16.3. The summed E-state index contributed by atoms with van der Waals surface area (Å²) in [5, 5.41) is 9.07. The van der Waals surface area contributed by atoms with Gasteiger partial charge in [-0.05, 0) is 30.2 Å². The monoisotopic (exact) mass is 178 g/mol. The van der Waals surface area contributed by atoms with Gasteiger partial charge in [0.15, 0.2) is 5.78 Å². The van der Waals surface area contributed by atoms with E-state index in [1.54, 1.807) is 18.2 Å². The van der Waals surface area contributed by atoms with Gasteiger partial charge in [0, 0.05) is 12.0 Å². The number of carbonyl (C=O) groups excluding carboxylic acids is 1. The number of fused-ring (bicyclic) bond motifs is 1. The molecule has 2 heteroatoms. The van der Waals surface area contributed by atoms with E-state index >= 15 is 0 Å². The van der Waals surface area contributed by atoms with Crippen molar-refractivity contribution >= 4 is 5.78 Å². The van der Waals surface area contributed by atoms with Gasteiger partial charge in [0.05, 0.1) is 0 Å². The lowest BCUT2D eigenvalue weighted by molar-refractivity contribution is 0.0994. The fourth-order valence-corrected chi connectivity index (χ4v) is 1.44. The van der Waals surface area contributed by atoms with Gasteiger partial charge in [-0.1, -0.05) is 13.8 Å². The van der Waals surface area contributed by atoms with Gasteiger partial charge in [-0.25, -0.2) is 0 Å². The molecule has 0 atom stereocenters. The van der Waals surface area contributed by atoms with E-state index in [4.69, 9.17) is 5.11 Å². The molecule has 0 bridgehead atoms. The third kappa shape index (κ3) is 1.89. The SMILES string of the molecule is CC.O=C1CCc2cc(O)ccc21. The van der Waals surface area contributed by atoms with E-state index in [2.05, 4.69) is 0 Å². The van der Waals surface area contributed by atoms with Gasteiger partial charge in [-0.3, -0.25) is 4.79 Å². The van der Waals surface area contributed by atoms with Gasteiger partial charge >= 0.3 is 0 Å². The van der Waals surface area contributed by atoms with E-state index < -0.39 is 0 Å². The predicted octanol–water partition coefficient (Wildman–Crippen LogP) is 2.55. The van der Waals surface area contributed by atoms with Crippen molar-refractivity contribution in [2.45, 2.75) is 26.7 Å². The van der Waals surface area contributed by atoms with Crippen LogP contribution in [0.1, 0.15) is 36.2 Å². The van der Waals surface area contributed by atoms with E-state index in [0.717, 1.165) is 17.5 Å². The summed E-state index contributed by atoms with van der Waals surface area (Å²) in [6.45, 7) is 4.00. The molecular weight excluding hydrogens is 164 g/mol. The molecule has 0 aromatic heterocycles. The van der Waals surface area contributed by atoms with Crippen molar-refractivity contribution in [2.24, 2.45) is 0 Å². The Morgan fingerprint density at radius 1 is 1.23 bits per heavy atom. The van der Waals surface area contributed by atoms with Crippen LogP contribution in [0, 0.1) is 0 Å². The Bertz CT molecular complexity index is 316. The number of rotatable bonds is 0. The van der Waals surface area contributed by atoms with Gasteiger partial charge in [-0.2, -0.15) is 0 Å². The Morgan fingerprint density at radius 2 is 1.92 bits per heavy atom. The number of ketones is 1. The maximum absolute atomic E-state index is 11.1. The Balaban J connectivity index is 0.000000396. The average Bonchev–Trinajstić information content (AvgIpc) is 2.51. The molecule has 1 aliphatic rings. The first kappa shape index (κ1) is 9.78. The van der Waals surface area contributed by atoms with E-state index in [1.807, 2.05) is 13.8 Å². The lowest BCUT2D eigenvalue weighted by atomic mass is 10.1. The number of Topliss-reactive ketones (excluding diaryl/α,β-unsaturated/α-hetero) is 1. The highest BCUT2D eigenvalue weighted by molar-refractivity contribution is 6.00. The van der Waals surface area contributed by atoms with Crippen LogP contribution in [0.5, 0.6) is 5.75 Å². The molecule has 0 heterocycles. The molecule has 0 saturated heterocycles. The molecule has 0 amide bonds. The van der Waals surface area contributed by atoms with E-state index in [0.29, 0.717) is 6.42 Å². The van der Waals surface area contributed by atoms with E-state index in [-0.39, 0.29) is 11.5 Å². The normalized spacial score (nSPS) is 13.2. The second kappa shape index (κ2) is 4.08. The smallest absolute Gasteiger partial charge is 0.163 e. The molecule has 0 unspecified atom stereocenters. The van der Waals surface area contributed by atoms with Crippen molar-refractivity contribution in [3.8, 4) is 5.75 Å². The molecule has 0 aliphatic heterocycles. The average molecular weight is 178 g/mol. The largest absolute Gasteiger partial charge is 0.508 e. The Kier molecular flexibility index (Phi) is 3.07. The third-order valence-corrected chi connectivity index (χ3v) is 2.01. The number of benzene rings is 1. The topological polar surface area (TPSA) is 37.3 Å². The summed E-state index contributed by atoms with van der Waals surface area (Å²) in [7, 11) is 0. The zero-order chi connectivity index (χ0) is 9.84. The molecule has 1 N–H and O–H groups in total. The summed E-state index contributed by atoms with van der Waals surface area (Å²) < 4.78 is 0. The molecule has 0 spiro atoms. The van der Waals surface area contributed by atoms with Crippen LogP contribution in [0.25, 0.3) is 0 Å². The number of hydrogen-bond donors (Lipinski definition) is 1. The number of aryl methyl sites for hydroxylation is 1. The molecule has 0 fully saturated rings. The van der Waals surface area contributed by atoms with E-state index in [1.165, 1.54) is 0 Å². The van der Waals surface area contributed by atoms with Crippen molar-refractivity contribution in [3.05, 3.63) is 29.3 Å². The van der Waals surface area contributed by atoms with Crippen LogP contribution in [0.4, 0.5) is 0 Å². The summed E-state index contributed by atoms with van der Waals surface area (Å²) in [5.41, 5.74) is 1.76. The van der Waals surface area contributed by atoms with Crippen molar-refractivity contribution in [1.82, 2.24) is 0 Å². The highest BCUT2D eigenvalue weighted by Gasteiger charge is 2.18. The predicted molar refractivity (Wildman–Crippen MR) is 52.1 cm³/mol. The van der Waals surface area contributed by atoms with Gasteiger partial charge in [0.25, 0.3) is 0 Å². The number of phenolic OH excluding ortho intramolecular Hbond substituents is 1. The van der Waals surface area contributed by atoms with Crippen LogP contribution in [0.3, 0.4) is 0 Å².